The van der Waals surface area contributed by atoms with Crippen LogP contribution < -0.4 is 10.6 Å². The monoisotopic (exact) mass is 413 g/mol. The summed E-state index contributed by atoms with van der Waals surface area (Å²) in [5.74, 6) is 2.36. The molecule has 1 aliphatic rings. The second-order valence-electron chi connectivity index (χ2n) is 8.00. The highest BCUT2D eigenvalue weighted by atomic mass is 16.3. The highest BCUT2D eigenvalue weighted by Crippen LogP contribution is 2.16. The van der Waals surface area contributed by atoms with Gasteiger partial charge in [0.1, 0.15) is 12.4 Å². The molecule has 2 unspecified atom stereocenters. The molecule has 8 heteroatoms. The number of nitrogens with zero attached hydrogens (tertiary/aromatic N) is 5. The van der Waals surface area contributed by atoms with Crippen LogP contribution in [0.15, 0.2) is 29.3 Å². The van der Waals surface area contributed by atoms with Crippen molar-refractivity contribution in [1.82, 2.24) is 30.3 Å². The maximum atomic E-state index is 10.6. The second-order valence-corrected chi connectivity index (χ2v) is 8.00. The van der Waals surface area contributed by atoms with Gasteiger partial charge in [-0.1, -0.05) is 36.8 Å². The van der Waals surface area contributed by atoms with Gasteiger partial charge < -0.3 is 20.3 Å². The van der Waals surface area contributed by atoms with Crippen LogP contribution in [0.4, 0.5) is 0 Å². The second kappa shape index (κ2) is 10.5. The molecule has 8 nitrogen and oxygen atoms in total. The number of guanidine groups is 1. The van der Waals surface area contributed by atoms with Gasteiger partial charge in [-0.25, -0.2) is 4.99 Å². The van der Waals surface area contributed by atoms with E-state index in [2.05, 4.69) is 32.7 Å². The first-order valence-electron chi connectivity index (χ1n) is 10.8. The van der Waals surface area contributed by atoms with Gasteiger partial charge in [0.2, 0.25) is 0 Å². The molecule has 30 heavy (non-hydrogen) atoms. The molecule has 1 fully saturated rings. The number of benzene rings is 1. The smallest absolute Gasteiger partial charge is 0.191 e. The molecule has 0 radical (unpaired) electrons. The first kappa shape index (κ1) is 22.2. The summed E-state index contributed by atoms with van der Waals surface area (Å²) in [6.45, 7) is 10.0. The summed E-state index contributed by atoms with van der Waals surface area (Å²) in [5, 5.41) is 25.7. The number of aryl methyl sites for hydroxylation is 2. The summed E-state index contributed by atoms with van der Waals surface area (Å²) >= 11 is 0. The summed E-state index contributed by atoms with van der Waals surface area (Å²) in [4.78, 5) is 7.20. The lowest BCUT2D eigenvalue weighted by Gasteiger charge is -2.24. The maximum absolute atomic E-state index is 10.6. The van der Waals surface area contributed by atoms with Gasteiger partial charge in [-0.3, -0.25) is 4.90 Å². The molecule has 0 aliphatic carbocycles. The molecule has 1 aliphatic heterocycles. The number of rotatable bonds is 8. The Kier molecular flexibility index (Phi) is 7.81. The van der Waals surface area contributed by atoms with Gasteiger partial charge in [0.15, 0.2) is 11.8 Å². The highest BCUT2D eigenvalue weighted by molar-refractivity contribution is 5.79. The number of hydrogen-bond acceptors (Lipinski definition) is 5. The number of hydrogen-bond donors (Lipinski definition) is 3. The van der Waals surface area contributed by atoms with Crippen molar-refractivity contribution in [2.75, 3.05) is 26.2 Å². The summed E-state index contributed by atoms with van der Waals surface area (Å²) in [7, 11) is 1.94. The molecule has 3 N–H and O–H groups in total. The highest BCUT2D eigenvalue weighted by Gasteiger charge is 2.23. The van der Waals surface area contributed by atoms with E-state index in [1.807, 2.05) is 49.7 Å². The number of nitrogens with one attached hydrogen (secondary N) is 2. The Balaban J connectivity index is 1.64. The summed E-state index contributed by atoms with van der Waals surface area (Å²) < 4.78 is 1.94. The number of aliphatic imine (C=N–C) groups is 1. The van der Waals surface area contributed by atoms with Crippen LogP contribution in [0.2, 0.25) is 0 Å². The van der Waals surface area contributed by atoms with Gasteiger partial charge in [-0.05, 0) is 45.3 Å². The van der Waals surface area contributed by atoms with Gasteiger partial charge in [0.05, 0.1) is 6.10 Å². The molecule has 1 aromatic heterocycles. The van der Waals surface area contributed by atoms with E-state index in [1.54, 1.807) is 0 Å². The maximum Gasteiger partial charge on any atom is 0.191 e. The molecule has 164 valence electrons. The lowest BCUT2D eigenvalue weighted by Crippen LogP contribution is -2.45. The van der Waals surface area contributed by atoms with E-state index in [4.69, 9.17) is 4.99 Å². The van der Waals surface area contributed by atoms with Gasteiger partial charge in [-0.2, -0.15) is 0 Å². The molecule has 1 aromatic carbocycles. The first-order chi connectivity index (χ1) is 14.5. The van der Waals surface area contributed by atoms with Crippen molar-refractivity contribution in [3.63, 3.8) is 0 Å². The van der Waals surface area contributed by atoms with E-state index in [-0.39, 0.29) is 0 Å². The Morgan fingerprint density at radius 1 is 1.30 bits per heavy atom. The van der Waals surface area contributed by atoms with E-state index < -0.39 is 6.10 Å². The molecular formula is C22H35N7O. The van der Waals surface area contributed by atoms with Crippen LogP contribution in [-0.2, 0) is 13.6 Å². The SMILES string of the molecule is CCN1CCCC1CNC(=NCc1nnc(C)n1C)NCC(O)c1cccc(C)c1. The van der Waals surface area contributed by atoms with Crippen molar-refractivity contribution < 1.29 is 5.11 Å². The van der Waals surface area contributed by atoms with Crippen LogP contribution in [-0.4, -0.2) is 63.0 Å². The van der Waals surface area contributed by atoms with Gasteiger partial charge in [0.25, 0.3) is 0 Å². The van der Waals surface area contributed by atoms with Crippen LogP contribution in [0.25, 0.3) is 0 Å². The zero-order valence-corrected chi connectivity index (χ0v) is 18.6. The molecule has 2 atom stereocenters. The lowest BCUT2D eigenvalue weighted by molar-refractivity contribution is 0.180. The largest absolute Gasteiger partial charge is 0.387 e. The fourth-order valence-corrected chi connectivity index (χ4v) is 3.86. The number of aliphatic hydroxyl groups is 1. The Morgan fingerprint density at radius 2 is 2.13 bits per heavy atom. The van der Waals surface area contributed by atoms with E-state index in [0.717, 1.165) is 42.4 Å². The fraction of sp³-hybridized carbons (Fsp3) is 0.591. The number of likely N-dealkylation sites (tertiary alicyclic amines) is 1. The number of aromatic nitrogens is 3. The molecule has 0 amide bonds. The van der Waals surface area contributed by atoms with Crippen molar-refractivity contribution >= 4 is 5.96 Å². The van der Waals surface area contributed by atoms with Crippen molar-refractivity contribution in [1.29, 1.82) is 0 Å². The van der Waals surface area contributed by atoms with Gasteiger partial charge in [0, 0.05) is 26.2 Å². The number of likely N-dealkylation sites (N-methyl/N-ethyl adjacent to an activating group) is 1. The van der Waals surface area contributed by atoms with Crippen LogP contribution in [0, 0.1) is 13.8 Å². The van der Waals surface area contributed by atoms with Crippen LogP contribution in [0.1, 0.15) is 48.6 Å². The molecular weight excluding hydrogens is 378 g/mol. The van der Waals surface area contributed by atoms with E-state index in [0.29, 0.717) is 25.1 Å². The minimum Gasteiger partial charge on any atom is -0.387 e. The summed E-state index contributed by atoms with van der Waals surface area (Å²) in [5.41, 5.74) is 2.04. The van der Waals surface area contributed by atoms with Gasteiger partial charge in [-0.15, -0.1) is 10.2 Å². The molecule has 0 spiro atoms. The summed E-state index contributed by atoms with van der Waals surface area (Å²) in [6.07, 6.45) is 1.83. The Labute approximate surface area is 179 Å². The molecule has 0 saturated carbocycles. The topological polar surface area (TPSA) is 90.6 Å². The minimum absolute atomic E-state index is 0.384. The van der Waals surface area contributed by atoms with E-state index >= 15 is 0 Å². The molecule has 2 heterocycles. The Hall–Kier alpha value is -2.45. The first-order valence-corrected chi connectivity index (χ1v) is 10.8. The summed E-state index contributed by atoms with van der Waals surface area (Å²) in [6, 6.07) is 8.47. The molecule has 1 saturated heterocycles. The van der Waals surface area contributed by atoms with E-state index in [1.165, 1.54) is 12.8 Å². The average Bonchev–Trinajstić information content (AvgIpc) is 3.33. The average molecular weight is 414 g/mol. The van der Waals surface area contributed by atoms with Crippen molar-refractivity contribution in [3.05, 3.63) is 47.0 Å². The molecule has 2 aromatic rings. The van der Waals surface area contributed by atoms with E-state index in [9.17, 15) is 5.11 Å². The van der Waals surface area contributed by atoms with Gasteiger partial charge >= 0.3 is 0 Å². The predicted octanol–water partition coefficient (Wildman–Crippen LogP) is 1.69. The standard InChI is InChI=1S/C22H35N7O/c1-5-29-11-7-10-19(29)13-23-22(25-15-21-27-26-17(3)28(21)4)24-14-20(30)18-9-6-8-16(2)12-18/h6,8-9,12,19-20,30H,5,7,10-11,13-15H2,1-4H3,(H2,23,24,25). The van der Waals surface area contributed by atoms with Crippen molar-refractivity contribution in [2.45, 2.75) is 52.3 Å². The fourth-order valence-electron chi connectivity index (χ4n) is 3.86. The Morgan fingerprint density at radius 3 is 2.83 bits per heavy atom. The van der Waals surface area contributed by atoms with Crippen molar-refractivity contribution in [2.24, 2.45) is 12.0 Å². The van der Waals surface area contributed by atoms with Crippen LogP contribution >= 0.6 is 0 Å². The zero-order valence-electron chi connectivity index (χ0n) is 18.6. The normalized spacial score (nSPS) is 18.6. The quantitative estimate of drug-likeness (QED) is 0.451. The number of aliphatic hydroxyl groups excluding tert-OH is 1. The third-order valence-electron chi connectivity index (χ3n) is 5.86. The predicted molar refractivity (Wildman–Crippen MR) is 119 cm³/mol. The lowest BCUT2D eigenvalue weighted by atomic mass is 10.1. The Bertz CT molecular complexity index is 848. The minimum atomic E-state index is -0.604. The van der Waals surface area contributed by atoms with Crippen LogP contribution in [0.5, 0.6) is 0 Å². The zero-order chi connectivity index (χ0) is 21.5. The van der Waals surface area contributed by atoms with Crippen LogP contribution in [0.3, 0.4) is 0 Å². The molecule has 3 rings (SSSR count). The van der Waals surface area contributed by atoms with Crippen molar-refractivity contribution in [3.8, 4) is 0 Å². The molecule has 0 bridgehead atoms. The third kappa shape index (κ3) is 5.79. The third-order valence-corrected chi connectivity index (χ3v) is 5.86.